The molecule has 1 fully saturated rings. The molecule has 20 heavy (non-hydrogen) atoms. The molecular weight excluding hydrogens is 299 g/mol. The number of carbonyl (C=O) groups is 2. The number of nitrogens with zero attached hydrogens (tertiary/aromatic N) is 2. The Morgan fingerprint density at radius 1 is 1.45 bits per heavy atom. The van der Waals surface area contributed by atoms with E-state index in [1.54, 1.807) is 5.32 Å². The lowest BCUT2D eigenvalue weighted by molar-refractivity contribution is -0.191. The van der Waals surface area contributed by atoms with Gasteiger partial charge in [-0.05, 0) is 24.6 Å². The van der Waals surface area contributed by atoms with Crippen LogP contribution in [0.3, 0.4) is 0 Å². The Balaban J connectivity index is 2.26. The lowest BCUT2D eigenvalue weighted by atomic mass is 10.0. The van der Waals surface area contributed by atoms with Gasteiger partial charge in [-0.25, -0.2) is 9.78 Å². The van der Waals surface area contributed by atoms with Crippen LogP contribution in [0.4, 0.5) is 18.0 Å². The molecule has 1 aliphatic heterocycles. The van der Waals surface area contributed by atoms with Crippen molar-refractivity contribution in [1.29, 1.82) is 0 Å². The number of rotatable bonds is 2. The minimum atomic E-state index is -4.87. The quantitative estimate of drug-likeness (QED) is 0.672. The number of hydrogen-bond acceptors (Lipinski definition) is 3. The molecule has 1 saturated heterocycles. The molecule has 0 aliphatic carbocycles. The Bertz CT molecular complexity index is 578. The van der Waals surface area contributed by atoms with Crippen LogP contribution in [-0.2, 0) is 11.3 Å². The molecule has 0 bridgehead atoms. The van der Waals surface area contributed by atoms with Crippen LogP contribution in [0.15, 0.2) is 18.3 Å². The molecule has 2 rings (SSSR count). The summed E-state index contributed by atoms with van der Waals surface area (Å²) in [6, 6.07) is 1.73. The van der Waals surface area contributed by atoms with Gasteiger partial charge >= 0.3 is 12.2 Å². The van der Waals surface area contributed by atoms with Gasteiger partial charge in [-0.1, -0.05) is 11.6 Å². The van der Waals surface area contributed by atoms with Gasteiger partial charge < -0.3 is 5.32 Å². The minimum absolute atomic E-state index is 0.119. The van der Waals surface area contributed by atoms with E-state index in [1.807, 2.05) is 0 Å². The number of hydrogen-bond donors (Lipinski definition) is 1. The normalized spacial score (nSPS) is 23.1. The highest BCUT2D eigenvalue weighted by Crippen LogP contribution is 2.35. The molecule has 1 aliphatic rings. The number of alkyl halides is 3. The number of carbonyl (C=O) groups excluding carboxylic acids is 2. The highest BCUT2D eigenvalue weighted by atomic mass is 35.5. The molecule has 108 valence electrons. The summed E-state index contributed by atoms with van der Waals surface area (Å²) in [7, 11) is 0. The predicted octanol–water partition coefficient (Wildman–Crippen LogP) is 2.11. The van der Waals surface area contributed by atoms with E-state index in [2.05, 4.69) is 4.98 Å². The van der Waals surface area contributed by atoms with Crippen molar-refractivity contribution in [3.63, 3.8) is 0 Å². The monoisotopic (exact) mass is 307 g/mol. The van der Waals surface area contributed by atoms with E-state index < -0.39 is 23.7 Å². The van der Waals surface area contributed by atoms with Crippen molar-refractivity contribution in [3.8, 4) is 0 Å². The Morgan fingerprint density at radius 2 is 2.10 bits per heavy atom. The van der Waals surface area contributed by atoms with Crippen LogP contribution < -0.4 is 5.32 Å². The Labute approximate surface area is 116 Å². The van der Waals surface area contributed by atoms with Gasteiger partial charge in [0.1, 0.15) is 5.15 Å². The SMILES string of the molecule is CC1(C(F)(F)F)NC(=O)N(Cc2ccnc(Cl)c2)C1=O. The number of urea groups is 1. The first kappa shape index (κ1) is 14.6. The van der Waals surface area contributed by atoms with Crippen LogP contribution in [-0.4, -0.2) is 33.5 Å². The average molecular weight is 308 g/mol. The van der Waals surface area contributed by atoms with Gasteiger partial charge in [0.05, 0.1) is 6.54 Å². The van der Waals surface area contributed by atoms with Crippen LogP contribution in [0.1, 0.15) is 12.5 Å². The van der Waals surface area contributed by atoms with E-state index in [0.29, 0.717) is 17.4 Å². The summed E-state index contributed by atoms with van der Waals surface area (Å²) in [5.41, 5.74) is -2.50. The average Bonchev–Trinajstić information content (AvgIpc) is 2.53. The highest BCUT2D eigenvalue weighted by molar-refractivity contribution is 6.29. The number of aromatic nitrogens is 1. The molecule has 3 amide bonds. The van der Waals surface area contributed by atoms with Crippen LogP contribution in [0.25, 0.3) is 0 Å². The van der Waals surface area contributed by atoms with Gasteiger partial charge in [0.2, 0.25) is 5.54 Å². The fourth-order valence-corrected chi connectivity index (χ4v) is 1.95. The molecule has 0 radical (unpaired) electrons. The van der Waals surface area contributed by atoms with Crippen molar-refractivity contribution in [2.45, 2.75) is 25.2 Å². The topological polar surface area (TPSA) is 62.3 Å². The summed E-state index contributed by atoms with van der Waals surface area (Å²) < 4.78 is 38.6. The maximum Gasteiger partial charge on any atom is 0.420 e. The van der Waals surface area contributed by atoms with Gasteiger partial charge in [-0.15, -0.1) is 0 Å². The fraction of sp³-hybridized carbons (Fsp3) is 0.364. The van der Waals surface area contributed by atoms with Gasteiger partial charge in [-0.3, -0.25) is 9.69 Å². The van der Waals surface area contributed by atoms with E-state index in [-0.39, 0.29) is 11.7 Å². The number of pyridine rings is 1. The maximum atomic E-state index is 12.9. The molecule has 2 heterocycles. The molecule has 1 atom stereocenters. The second kappa shape index (κ2) is 4.62. The van der Waals surface area contributed by atoms with Gasteiger partial charge in [0, 0.05) is 6.20 Å². The Kier molecular flexibility index (Phi) is 3.37. The van der Waals surface area contributed by atoms with E-state index in [9.17, 15) is 22.8 Å². The lowest BCUT2D eigenvalue weighted by Gasteiger charge is -2.24. The van der Waals surface area contributed by atoms with Gasteiger partial charge in [0.15, 0.2) is 0 Å². The summed E-state index contributed by atoms with van der Waals surface area (Å²) in [6.07, 6.45) is -3.54. The Morgan fingerprint density at radius 3 is 2.60 bits per heavy atom. The van der Waals surface area contributed by atoms with Crippen molar-refractivity contribution in [3.05, 3.63) is 29.0 Å². The first-order chi connectivity index (χ1) is 9.15. The molecule has 0 spiro atoms. The zero-order valence-corrected chi connectivity index (χ0v) is 10.9. The summed E-state index contributed by atoms with van der Waals surface area (Å²) in [5, 5.41) is 1.79. The number of nitrogens with one attached hydrogen (secondary N) is 1. The molecule has 5 nitrogen and oxygen atoms in total. The minimum Gasteiger partial charge on any atom is -0.316 e. The molecule has 1 unspecified atom stereocenters. The fourth-order valence-electron chi connectivity index (χ4n) is 1.76. The zero-order chi connectivity index (χ0) is 15.1. The van der Waals surface area contributed by atoms with Crippen molar-refractivity contribution in [2.24, 2.45) is 0 Å². The summed E-state index contributed by atoms with van der Waals surface area (Å²) in [5.74, 6) is -1.34. The molecule has 0 aromatic carbocycles. The van der Waals surface area contributed by atoms with E-state index >= 15 is 0 Å². The van der Waals surface area contributed by atoms with Gasteiger partial charge in [-0.2, -0.15) is 13.2 Å². The molecular formula is C11H9ClF3N3O2. The van der Waals surface area contributed by atoms with E-state index in [4.69, 9.17) is 11.6 Å². The standard InChI is InChI=1S/C11H9ClF3N3O2/c1-10(11(13,14)15)8(19)18(9(20)17-10)5-6-2-3-16-7(12)4-6/h2-4H,5H2,1H3,(H,17,20). The Hall–Kier alpha value is -1.83. The number of amides is 3. The van der Waals surface area contributed by atoms with Gasteiger partial charge in [0.25, 0.3) is 5.91 Å². The van der Waals surface area contributed by atoms with Crippen LogP contribution >= 0.6 is 11.6 Å². The van der Waals surface area contributed by atoms with Crippen LogP contribution in [0, 0.1) is 0 Å². The molecule has 1 N–H and O–H groups in total. The first-order valence-corrected chi connectivity index (χ1v) is 5.84. The summed E-state index contributed by atoms with van der Waals surface area (Å²) in [4.78, 5) is 27.6. The largest absolute Gasteiger partial charge is 0.420 e. The molecule has 0 saturated carbocycles. The van der Waals surface area contributed by atoms with Crippen molar-refractivity contribution < 1.29 is 22.8 Å². The highest BCUT2D eigenvalue weighted by Gasteiger charge is 2.64. The predicted molar refractivity (Wildman–Crippen MR) is 62.8 cm³/mol. The summed E-state index contributed by atoms with van der Waals surface area (Å²) >= 11 is 5.64. The van der Waals surface area contributed by atoms with E-state index in [1.165, 1.54) is 18.3 Å². The third-order valence-electron chi connectivity index (χ3n) is 2.97. The maximum absolute atomic E-state index is 12.9. The first-order valence-electron chi connectivity index (χ1n) is 5.46. The van der Waals surface area contributed by atoms with E-state index in [0.717, 1.165) is 0 Å². The third-order valence-corrected chi connectivity index (χ3v) is 3.18. The van der Waals surface area contributed by atoms with Crippen LogP contribution in [0.2, 0.25) is 5.15 Å². The smallest absolute Gasteiger partial charge is 0.316 e. The van der Waals surface area contributed by atoms with Crippen molar-refractivity contribution in [1.82, 2.24) is 15.2 Å². The molecule has 9 heteroatoms. The molecule has 1 aromatic heterocycles. The molecule has 1 aromatic rings. The number of imide groups is 1. The third kappa shape index (κ3) is 2.31. The lowest BCUT2D eigenvalue weighted by Crippen LogP contribution is -2.56. The van der Waals surface area contributed by atoms with Crippen LogP contribution in [0.5, 0.6) is 0 Å². The zero-order valence-electron chi connectivity index (χ0n) is 10.2. The summed E-state index contributed by atoms with van der Waals surface area (Å²) in [6.45, 7) is 0.325. The second-order valence-electron chi connectivity index (χ2n) is 4.43. The van der Waals surface area contributed by atoms with Crippen molar-refractivity contribution >= 4 is 23.5 Å². The van der Waals surface area contributed by atoms with Crippen molar-refractivity contribution in [2.75, 3.05) is 0 Å². The number of halogens is 4. The second-order valence-corrected chi connectivity index (χ2v) is 4.82.